The quantitative estimate of drug-likeness (QED) is 0.658. The van der Waals surface area contributed by atoms with Crippen molar-refractivity contribution in [3.63, 3.8) is 0 Å². The number of anilines is 1. The Morgan fingerprint density at radius 3 is 2.32 bits per heavy atom. The van der Waals surface area contributed by atoms with E-state index in [9.17, 15) is 8.42 Å². The molecule has 0 aliphatic rings. The topological polar surface area (TPSA) is 67.9 Å². The van der Waals surface area contributed by atoms with Crippen LogP contribution < -0.4 is 19.1 Å². The minimum absolute atomic E-state index is 0.110. The molecule has 28 heavy (non-hydrogen) atoms. The molecule has 3 rings (SSSR count). The summed E-state index contributed by atoms with van der Waals surface area (Å²) in [6.45, 7) is 0.110. The standard InChI is InChI=1S/C21H24N2O4S/c1-23(2)19-9-5-8-18-17(19)7-6-10-21(18)28(24,25)22-14-15-11-12-16(26-3)13-20(15)27-4/h5-13,22H,14H2,1-4H3. The number of rotatable bonds is 7. The van der Waals surface area contributed by atoms with Crippen molar-refractivity contribution in [3.8, 4) is 11.5 Å². The van der Waals surface area contributed by atoms with E-state index in [1.54, 1.807) is 44.6 Å². The Morgan fingerprint density at radius 2 is 1.64 bits per heavy atom. The lowest BCUT2D eigenvalue weighted by atomic mass is 10.1. The summed E-state index contributed by atoms with van der Waals surface area (Å²) in [7, 11) is 3.26. The van der Waals surface area contributed by atoms with Crippen LogP contribution in [0.25, 0.3) is 10.8 Å². The van der Waals surface area contributed by atoms with Crippen LogP contribution in [0.2, 0.25) is 0 Å². The molecule has 0 unspecified atom stereocenters. The summed E-state index contributed by atoms with van der Waals surface area (Å²) < 4.78 is 39.3. The van der Waals surface area contributed by atoms with Crippen LogP contribution in [0.4, 0.5) is 5.69 Å². The number of nitrogens with zero attached hydrogens (tertiary/aromatic N) is 1. The highest BCUT2D eigenvalue weighted by atomic mass is 32.2. The normalized spacial score (nSPS) is 11.4. The molecule has 0 bridgehead atoms. The largest absolute Gasteiger partial charge is 0.497 e. The summed E-state index contributed by atoms with van der Waals surface area (Å²) in [6.07, 6.45) is 0. The van der Waals surface area contributed by atoms with Gasteiger partial charge in [-0.3, -0.25) is 0 Å². The molecular formula is C21H24N2O4S. The molecule has 0 saturated carbocycles. The van der Waals surface area contributed by atoms with Gasteiger partial charge in [-0.05, 0) is 18.2 Å². The number of benzene rings is 3. The first-order valence-corrected chi connectivity index (χ1v) is 10.3. The first-order valence-electron chi connectivity index (χ1n) is 8.77. The highest BCUT2D eigenvalue weighted by Gasteiger charge is 2.19. The zero-order valence-electron chi connectivity index (χ0n) is 16.4. The average Bonchev–Trinajstić information content (AvgIpc) is 2.71. The lowest BCUT2D eigenvalue weighted by Crippen LogP contribution is -2.24. The van der Waals surface area contributed by atoms with Gasteiger partial charge in [-0.1, -0.05) is 30.3 Å². The Morgan fingerprint density at radius 1 is 0.929 bits per heavy atom. The molecule has 0 aliphatic heterocycles. The van der Waals surface area contributed by atoms with E-state index in [2.05, 4.69) is 4.72 Å². The molecule has 0 radical (unpaired) electrons. The fourth-order valence-electron chi connectivity index (χ4n) is 3.14. The first-order chi connectivity index (χ1) is 13.4. The van der Waals surface area contributed by atoms with Crippen molar-refractivity contribution in [1.29, 1.82) is 0 Å². The second kappa shape index (κ2) is 8.08. The van der Waals surface area contributed by atoms with Gasteiger partial charge in [0.2, 0.25) is 10.0 Å². The highest BCUT2D eigenvalue weighted by Crippen LogP contribution is 2.30. The molecule has 0 spiro atoms. The molecule has 1 N–H and O–H groups in total. The highest BCUT2D eigenvalue weighted by molar-refractivity contribution is 7.89. The van der Waals surface area contributed by atoms with Crippen molar-refractivity contribution in [2.45, 2.75) is 11.4 Å². The molecule has 0 amide bonds. The van der Waals surface area contributed by atoms with Crippen LogP contribution in [0.3, 0.4) is 0 Å². The number of nitrogens with one attached hydrogen (secondary N) is 1. The lowest BCUT2D eigenvalue weighted by molar-refractivity contribution is 0.390. The predicted octanol–water partition coefficient (Wildman–Crippen LogP) is 3.40. The molecule has 7 heteroatoms. The Bertz CT molecular complexity index is 1090. The lowest BCUT2D eigenvalue weighted by Gasteiger charge is -2.17. The average molecular weight is 401 g/mol. The van der Waals surface area contributed by atoms with Gasteiger partial charge < -0.3 is 14.4 Å². The van der Waals surface area contributed by atoms with Crippen LogP contribution in [0.15, 0.2) is 59.5 Å². The van der Waals surface area contributed by atoms with E-state index in [0.717, 1.165) is 16.6 Å². The van der Waals surface area contributed by atoms with Gasteiger partial charge in [0.25, 0.3) is 0 Å². The van der Waals surface area contributed by atoms with Crippen LogP contribution in [-0.2, 0) is 16.6 Å². The van der Waals surface area contributed by atoms with Crippen LogP contribution >= 0.6 is 0 Å². The molecule has 0 fully saturated rings. The van der Waals surface area contributed by atoms with E-state index in [1.807, 2.05) is 43.3 Å². The Kier molecular flexibility index (Phi) is 5.76. The van der Waals surface area contributed by atoms with Crippen molar-refractivity contribution in [3.05, 3.63) is 60.2 Å². The van der Waals surface area contributed by atoms with E-state index < -0.39 is 10.0 Å². The third kappa shape index (κ3) is 3.90. The van der Waals surface area contributed by atoms with Gasteiger partial charge in [0.05, 0.1) is 19.1 Å². The fraction of sp³-hybridized carbons (Fsp3) is 0.238. The van der Waals surface area contributed by atoms with Crippen molar-refractivity contribution in [1.82, 2.24) is 4.72 Å². The maximum atomic E-state index is 13.0. The molecule has 0 atom stereocenters. The Labute approximate surface area is 165 Å². The van der Waals surface area contributed by atoms with Crippen LogP contribution in [0, 0.1) is 0 Å². The van der Waals surface area contributed by atoms with Crippen LogP contribution in [-0.4, -0.2) is 36.7 Å². The Hall–Kier alpha value is -2.77. The van der Waals surface area contributed by atoms with Crippen molar-refractivity contribution >= 4 is 26.5 Å². The van der Waals surface area contributed by atoms with Crippen molar-refractivity contribution < 1.29 is 17.9 Å². The zero-order chi connectivity index (χ0) is 20.3. The van der Waals surface area contributed by atoms with E-state index in [0.29, 0.717) is 16.9 Å². The second-order valence-corrected chi connectivity index (χ2v) is 8.26. The van der Waals surface area contributed by atoms with Gasteiger partial charge in [-0.2, -0.15) is 0 Å². The third-order valence-corrected chi connectivity index (χ3v) is 6.04. The maximum absolute atomic E-state index is 13.0. The molecule has 0 heterocycles. The van der Waals surface area contributed by atoms with Crippen molar-refractivity contribution in [2.24, 2.45) is 0 Å². The van der Waals surface area contributed by atoms with E-state index in [4.69, 9.17) is 9.47 Å². The second-order valence-electron chi connectivity index (χ2n) is 6.53. The number of sulfonamides is 1. The van der Waals surface area contributed by atoms with Crippen LogP contribution in [0.1, 0.15) is 5.56 Å². The molecule has 6 nitrogen and oxygen atoms in total. The maximum Gasteiger partial charge on any atom is 0.241 e. The summed E-state index contributed by atoms with van der Waals surface area (Å²) in [6, 6.07) is 16.2. The summed E-state index contributed by atoms with van der Waals surface area (Å²) in [4.78, 5) is 2.22. The molecular weight excluding hydrogens is 376 g/mol. The van der Waals surface area contributed by atoms with E-state index in [1.165, 1.54) is 0 Å². The number of hydrogen-bond acceptors (Lipinski definition) is 5. The molecule has 148 valence electrons. The van der Waals surface area contributed by atoms with Gasteiger partial charge in [-0.25, -0.2) is 13.1 Å². The summed E-state index contributed by atoms with van der Waals surface area (Å²) >= 11 is 0. The summed E-state index contributed by atoms with van der Waals surface area (Å²) in [5.74, 6) is 1.21. The van der Waals surface area contributed by atoms with E-state index >= 15 is 0 Å². The fourth-order valence-corrected chi connectivity index (χ4v) is 4.36. The Balaban J connectivity index is 1.95. The van der Waals surface area contributed by atoms with Gasteiger partial charge >= 0.3 is 0 Å². The smallest absolute Gasteiger partial charge is 0.241 e. The molecule has 0 aromatic heterocycles. The molecule has 3 aromatic rings. The molecule has 3 aromatic carbocycles. The number of methoxy groups -OCH3 is 2. The number of ether oxygens (including phenoxy) is 2. The molecule has 0 aliphatic carbocycles. The summed E-state index contributed by atoms with van der Waals surface area (Å²) in [5.41, 5.74) is 1.69. The number of hydrogen-bond donors (Lipinski definition) is 1. The van der Waals surface area contributed by atoms with E-state index in [-0.39, 0.29) is 11.4 Å². The van der Waals surface area contributed by atoms with Crippen LogP contribution in [0.5, 0.6) is 11.5 Å². The predicted molar refractivity (Wildman–Crippen MR) is 112 cm³/mol. The third-order valence-electron chi connectivity index (χ3n) is 4.58. The first kappa shape index (κ1) is 20.0. The van der Waals surface area contributed by atoms with Gasteiger partial charge in [-0.15, -0.1) is 0 Å². The summed E-state index contributed by atoms with van der Waals surface area (Å²) in [5, 5.41) is 1.57. The monoisotopic (exact) mass is 400 g/mol. The number of fused-ring (bicyclic) bond motifs is 1. The minimum atomic E-state index is -3.72. The van der Waals surface area contributed by atoms with Crippen molar-refractivity contribution in [2.75, 3.05) is 33.2 Å². The van der Waals surface area contributed by atoms with Gasteiger partial charge in [0.1, 0.15) is 11.5 Å². The van der Waals surface area contributed by atoms with Gasteiger partial charge in [0.15, 0.2) is 0 Å². The molecule has 0 saturated heterocycles. The SMILES string of the molecule is COc1ccc(CNS(=O)(=O)c2cccc3c(N(C)C)cccc23)c(OC)c1. The van der Waals surface area contributed by atoms with Gasteiger partial charge in [0, 0.05) is 48.7 Å². The zero-order valence-corrected chi connectivity index (χ0v) is 17.2. The minimum Gasteiger partial charge on any atom is -0.497 e.